The molecule has 1 aromatic heterocycles. The number of rotatable bonds is 7. The number of hydrogen-bond donors (Lipinski definition) is 2. The third-order valence-corrected chi connectivity index (χ3v) is 4.44. The van der Waals surface area contributed by atoms with E-state index in [2.05, 4.69) is 10.4 Å². The largest absolute Gasteiger partial charge is 0.493 e. The number of nitrogens with zero attached hydrogens (tertiary/aromatic N) is 2. The number of hydrogen-bond acceptors (Lipinski definition) is 7. The minimum atomic E-state index is -0.823. The highest BCUT2D eigenvalue weighted by Crippen LogP contribution is 2.34. The molecule has 0 aliphatic rings. The minimum absolute atomic E-state index is 0.00573. The van der Waals surface area contributed by atoms with Crippen LogP contribution in [0.5, 0.6) is 11.5 Å². The van der Waals surface area contributed by atoms with E-state index in [-0.39, 0.29) is 5.69 Å². The number of ether oxygens (including phenoxy) is 3. The first-order chi connectivity index (χ1) is 15.5. The molecule has 0 spiro atoms. The zero-order valence-corrected chi connectivity index (χ0v) is 17.7. The van der Waals surface area contributed by atoms with Gasteiger partial charge in [0.2, 0.25) is 0 Å². The number of nitrogens with one attached hydrogen (secondary N) is 2. The topological polar surface area (TPSA) is 121 Å². The molecular formula is C22H22N4O6. The lowest BCUT2D eigenvalue weighted by atomic mass is 10.1. The fraction of sp³-hybridized carbons (Fsp3) is 0.182. The monoisotopic (exact) mass is 438 g/mol. The van der Waals surface area contributed by atoms with Crippen LogP contribution in [-0.4, -0.2) is 55.6 Å². The van der Waals surface area contributed by atoms with Gasteiger partial charge in [0.15, 0.2) is 23.8 Å². The molecule has 0 radical (unpaired) electrons. The predicted octanol–water partition coefficient (Wildman–Crippen LogP) is 2.17. The molecule has 3 aromatic rings. The molecule has 1 heterocycles. The first-order valence-electron chi connectivity index (χ1n) is 9.53. The summed E-state index contributed by atoms with van der Waals surface area (Å²) in [6.45, 7) is -0.643. The van der Waals surface area contributed by atoms with Gasteiger partial charge in [-0.15, -0.1) is 0 Å². The number of carbonyl (C=O) groups excluding carboxylic acids is 3. The van der Waals surface area contributed by atoms with Gasteiger partial charge in [0.05, 0.1) is 19.9 Å². The molecule has 0 unspecified atom stereocenters. The Morgan fingerprint density at radius 1 is 1.00 bits per heavy atom. The fourth-order valence-corrected chi connectivity index (χ4v) is 2.88. The summed E-state index contributed by atoms with van der Waals surface area (Å²) >= 11 is 0. The molecule has 0 bridgehead atoms. The van der Waals surface area contributed by atoms with Crippen LogP contribution in [0.3, 0.4) is 0 Å². The molecule has 0 saturated heterocycles. The maximum Gasteiger partial charge on any atom is 0.360 e. The van der Waals surface area contributed by atoms with Crippen molar-refractivity contribution in [1.82, 2.24) is 20.4 Å². The van der Waals surface area contributed by atoms with Crippen LogP contribution in [0.2, 0.25) is 0 Å². The van der Waals surface area contributed by atoms with Gasteiger partial charge in [0.25, 0.3) is 5.91 Å². The van der Waals surface area contributed by atoms with Gasteiger partial charge >= 0.3 is 12.0 Å². The Morgan fingerprint density at radius 3 is 2.38 bits per heavy atom. The third-order valence-electron chi connectivity index (χ3n) is 4.44. The molecule has 10 heteroatoms. The van der Waals surface area contributed by atoms with E-state index in [0.29, 0.717) is 22.6 Å². The molecule has 0 fully saturated rings. The van der Waals surface area contributed by atoms with Crippen LogP contribution in [-0.2, 0) is 9.53 Å². The van der Waals surface area contributed by atoms with E-state index in [1.165, 1.54) is 25.9 Å². The number of para-hydroxylation sites is 1. The quantitative estimate of drug-likeness (QED) is 0.542. The number of esters is 1. The minimum Gasteiger partial charge on any atom is -0.493 e. The SMILES string of the molecule is CNC(=O)NC(=O)COC(=O)c1nn(-c2ccccc2)cc1-c1ccc(OC)c(OC)c1. The zero-order valence-electron chi connectivity index (χ0n) is 17.7. The zero-order chi connectivity index (χ0) is 23.1. The van der Waals surface area contributed by atoms with Crippen LogP contribution >= 0.6 is 0 Å². The summed E-state index contributed by atoms with van der Waals surface area (Å²) in [6.07, 6.45) is 1.68. The van der Waals surface area contributed by atoms with Crippen LogP contribution in [0.15, 0.2) is 54.7 Å². The second-order valence-electron chi connectivity index (χ2n) is 6.44. The number of methoxy groups -OCH3 is 2. The molecule has 0 atom stereocenters. The Kier molecular flexibility index (Phi) is 7.06. The van der Waals surface area contributed by atoms with Crippen molar-refractivity contribution in [3.8, 4) is 28.3 Å². The maximum atomic E-state index is 12.8. The average Bonchev–Trinajstić information content (AvgIpc) is 3.28. The van der Waals surface area contributed by atoms with E-state index in [4.69, 9.17) is 14.2 Å². The predicted molar refractivity (Wildman–Crippen MR) is 115 cm³/mol. The second-order valence-corrected chi connectivity index (χ2v) is 6.44. The number of benzene rings is 2. The first-order valence-corrected chi connectivity index (χ1v) is 9.53. The van der Waals surface area contributed by atoms with Gasteiger partial charge in [-0.05, 0) is 29.8 Å². The summed E-state index contributed by atoms with van der Waals surface area (Å²) in [6, 6.07) is 13.7. The van der Waals surface area contributed by atoms with Gasteiger partial charge in [-0.1, -0.05) is 24.3 Å². The van der Waals surface area contributed by atoms with Crippen molar-refractivity contribution in [2.24, 2.45) is 0 Å². The lowest BCUT2D eigenvalue weighted by Gasteiger charge is -2.09. The van der Waals surface area contributed by atoms with Crippen molar-refractivity contribution in [3.63, 3.8) is 0 Å². The Morgan fingerprint density at radius 2 is 1.72 bits per heavy atom. The summed E-state index contributed by atoms with van der Waals surface area (Å²) < 4.78 is 17.2. The van der Waals surface area contributed by atoms with E-state index >= 15 is 0 Å². The van der Waals surface area contributed by atoms with Crippen LogP contribution < -0.4 is 20.1 Å². The second kappa shape index (κ2) is 10.1. The lowest BCUT2D eigenvalue weighted by molar-refractivity contribution is -0.123. The van der Waals surface area contributed by atoms with Crippen LogP contribution in [0.25, 0.3) is 16.8 Å². The number of urea groups is 1. The van der Waals surface area contributed by atoms with E-state index in [1.807, 2.05) is 35.6 Å². The Bertz CT molecular complexity index is 1130. The fourth-order valence-electron chi connectivity index (χ4n) is 2.88. The average molecular weight is 438 g/mol. The molecule has 3 rings (SSSR count). The van der Waals surface area contributed by atoms with Gasteiger partial charge < -0.3 is 19.5 Å². The third kappa shape index (κ3) is 5.04. The van der Waals surface area contributed by atoms with Crippen molar-refractivity contribution < 1.29 is 28.6 Å². The standard InChI is InChI=1S/C22H22N4O6/c1-23-22(29)24-19(27)13-32-21(28)20-16(12-26(25-20)15-7-5-4-6-8-15)14-9-10-17(30-2)18(11-14)31-3/h4-12H,13H2,1-3H3,(H2,23,24,27,29). The van der Waals surface area contributed by atoms with Crippen molar-refractivity contribution in [2.75, 3.05) is 27.9 Å². The Labute approximate surface area is 184 Å². The van der Waals surface area contributed by atoms with Crippen LogP contribution in [0, 0.1) is 0 Å². The number of imide groups is 1. The summed E-state index contributed by atoms with van der Waals surface area (Å²) in [5.41, 5.74) is 1.82. The highest BCUT2D eigenvalue weighted by Gasteiger charge is 2.22. The number of aromatic nitrogens is 2. The van der Waals surface area contributed by atoms with Gasteiger partial charge in [-0.3, -0.25) is 10.1 Å². The molecule has 32 heavy (non-hydrogen) atoms. The highest BCUT2D eigenvalue weighted by molar-refractivity contribution is 5.99. The van der Waals surface area contributed by atoms with E-state index in [9.17, 15) is 14.4 Å². The van der Waals surface area contributed by atoms with Gasteiger partial charge in [0.1, 0.15) is 0 Å². The van der Waals surface area contributed by atoms with Crippen molar-refractivity contribution >= 4 is 17.9 Å². The Balaban J connectivity index is 1.95. The van der Waals surface area contributed by atoms with Gasteiger partial charge in [0, 0.05) is 18.8 Å². The van der Waals surface area contributed by atoms with Gasteiger partial charge in [-0.2, -0.15) is 5.10 Å². The van der Waals surface area contributed by atoms with Crippen molar-refractivity contribution in [3.05, 3.63) is 60.4 Å². The van der Waals surface area contributed by atoms with Crippen LogP contribution in [0.1, 0.15) is 10.5 Å². The highest BCUT2D eigenvalue weighted by atomic mass is 16.5. The lowest BCUT2D eigenvalue weighted by Crippen LogP contribution is -2.39. The maximum absolute atomic E-state index is 12.8. The smallest absolute Gasteiger partial charge is 0.360 e. The molecule has 166 valence electrons. The molecule has 10 nitrogen and oxygen atoms in total. The van der Waals surface area contributed by atoms with Crippen molar-refractivity contribution in [2.45, 2.75) is 0 Å². The number of amides is 3. The molecule has 3 amide bonds. The molecule has 2 N–H and O–H groups in total. The summed E-state index contributed by atoms with van der Waals surface area (Å²) in [7, 11) is 4.40. The normalized spacial score (nSPS) is 10.2. The summed E-state index contributed by atoms with van der Waals surface area (Å²) in [5, 5.41) is 8.63. The van der Waals surface area contributed by atoms with Crippen molar-refractivity contribution in [1.29, 1.82) is 0 Å². The molecule has 0 aliphatic heterocycles. The molecule has 0 saturated carbocycles. The molecule has 2 aromatic carbocycles. The van der Waals surface area contributed by atoms with E-state index < -0.39 is 24.5 Å². The van der Waals surface area contributed by atoms with Gasteiger partial charge in [-0.25, -0.2) is 14.3 Å². The first kappa shape index (κ1) is 22.3. The molecule has 0 aliphatic carbocycles. The Hall–Kier alpha value is -4.34. The summed E-state index contributed by atoms with van der Waals surface area (Å²) in [4.78, 5) is 35.8. The number of carbonyl (C=O) groups is 3. The van der Waals surface area contributed by atoms with E-state index in [0.717, 1.165) is 5.69 Å². The molecular weight excluding hydrogens is 416 g/mol. The van der Waals surface area contributed by atoms with Crippen LogP contribution in [0.4, 0.5) is 4.79 Å². The summed E-state index contributed by atoms with van der Waals surface area (Å²) in [5.74, 6) is -0.590. The van der Waals surface area contributed by atoms with E-state index in [1.54, 1.807) is 24.4 Å².